The number of hydrogen-bond donors (Lipinski definition) is 2. The monoisotopic (exact) mass is 348 g/mol. The van der Waals surface area contributed by atoms with Gasteiger partial charge in [0.05, 0.1) is 16.2 Å². The summed E-state index contributed by atoms with van der Waals surface area (Å²) in [6.07, 6.45) is 0. The van der Waals surface area contributed by atoms with Crippen molar-refractivity contribution >= 4 is 34.4 Å². The Morgan fingerprint density at radius 3 is 2.92 bits per heavy atom. The zero-order valence-corrected chi connectivity index (χ0v) is 13.6. The standard InChI is InChI=1S/C15H13FN4O3S/c1-7-5-12(20-23-7)18-13(21)8(2)24-15-17-11-4-3-9(16)6-10(11)14(22)19-15/h3-6,8H,1-2H3,(H,17,19,22)(H,18,20,21)/t8-/m0/s1. The second-order valence-corrected chi connectivity index (χ2v) is 6.43. The summed E-state index contributed by atoms with van der Waals surface area (Å²) < 4.78 is 18.1. The third-order valence-corrected chi connectivity index (χ3v) is 4.17. The van der Waals surface area contributed by atoms with E-state index in [1.54, 1.807) is 19.9 Å². The lowest BCUT2D eigenvalue weighted by Crippen LogP contribution is -2.23. The zero-order valence-electron chi connectivity index (χ0n) is 12.8. The number of carbonyl (C=O) groups is 1. The minimum Gasteiger partial charge on any atom is -0.360 e. The fraction of sp³-hybridized carbons (Fsp3) is 0.200. The van der Waals surface area contributed by atoms with E-state index in [0.29, 0.717) is 17.1 Å². The summed E-state index contributed by atoms with van der Waals surface area (Å²) >= 11 is 1.08. The molecule has 24 heavy (non-hydrogen) atoms. The van der Waals surface area contributed by atoms with Gasteiger partial charge in [0.1, 0.15) is 11.6 Å². The van der Waals surface area contributed by atoms with Crippen molar-refractivity contribution in [1.82, 2.24) is 15.1 Å². The summed E-state index contributed by atoms with van der Waals surface area (Å²) in [6.45, 7) is 3.38. The molecule has 2 heterocycles. The molecule has 0 spiro atoms. The van der Waals surface area contributed by atoms with Gasteiger partial charge in [-0.1, -0.05) is 16.9 Å². The number of halogens is 1. The van der Waals surface area contributed by atoms with Crippen molar-refractivity contribution in [2.75, 3.05) is 5.32 Å². The highest BCUT2D eigenvalue weighted by atomic mass is 32.2. The summed E-state index contributed by atoms with van der Waals surface area (Å²) in [5.74, 6) is 0.0831. The van der Waals surface area contributed by atoms with Gasteiger partial charge < -0.3 is 14.8 Å². The fourth-order valence-electron chi connectivity index (χ4n) is 2.02. The van der Waals surface area contributed by atoms with Gasteiger partial charge in [0.2, 0.25) is 5.91 Å². The average Bonchev–Trinajstić information content (AvgIpc) is 2.93. The molecule has 0 aliphatic carbocycles. The summed E-state index contributed by atoms with van der Waals surface area (Å²) in [7, 11) is 0. The van der Waals surface area contributed by atoms with Gasteiger partial charge in [-0.3, -0.25) is 9.59 Å². The molecule has 3 aromatic rings. The van der Waals surface area contributed by atoms with Crippen LogP contribution in [0.4, 0.5) is 10.2 Å². The Morgan fingerprint density at radius 1 is 1.42 bits per heavy atom. The number of fused-ring (bicyclic) bond motifs is 1. The quantitative estimate of drug-likeness (QED) is 0.555. The minimum atomic E-state index is -0.539. The molecule has 2 aromatic heterocycles. The molecule has 0 aliphatic rings. The largest absolute Gasteiger partial charge is 0.360 e. The van der Waals surface area contributed by atoms with E-state index in [4.69, 9.17) is 4.52 Å². The van der Waals surface area contributed by atoms with E-state index in [0.717, 1.165) is 17.8 Å². The Kier molecular flexibility index (Phi) is 4.34. The highest BCUT2D eigenvalue weighted by molar-refractivity contribution is 8.00. The van der Waals surface area contributed by atoms with Crippen molar-refractivity contribution in [3.05, 3.63) is 46.2 Å². The lowest BCUT2D eigenvalue weighted by atomic mass is 10.2. The number of anilines is 1. The third-order valence-electron chi connectivity index (χ3n) is 3.18. The number of H-pyrrole nitrogens is 1. The molecule has 0 aliphatic heterocycles. The molecular formula is C15H13FN4O3S. The topological polar surface area (TPSA) is 101 Å². The first-order chi connectivity index (χ1) is 11.4. The Labute approximate surface area is 139 Å². The zero-order chi connectivity index (χ0) is 17.3. The van der Waals surface area contributed by atoms with E-state index in [2.05, 4.69) is 20.4 Å². The number of amides is 1. The minimum absolute atomic E-state index is 0.162. The highest BCUT2D eigenvalue weighted by Crippen LogP contribution is 2.21. The van der Waals surface area contributed by atoms with Crippen LogP contribution in [0, 0.1) is 12.7 Å². The summed E-state index contributed by atoms with van der Waals surface area (Å²) in [5.41, 5.74) is -0.0934. The van der Waals surface area contributed by atoms with Crippen molar-refractivity contribution in [3.8, 4) is 0 Å². The van der Waals surface area contributed by atoms with Crippen LogP contribution >= 0.6 is 11.8 Å². The number of thioether (sulfide) groups is 1. The molecule has 124 valence electrons. The smallest absolute Gasteiger partial charge is 0.259 e. The van der Waals surface area contributed by atoms with E-state index in [1.807, 2.05) is 0 Å². The van der Waals surface area contributed by atoms with Crippen molar-refractivity contribution in [2.45, 2.75) is 24.3 Å². The van der Waals surface area contributed by atoms with Crippen LogP contribution in [-0.2, 0) is 4.79 Å². The molecule has 0 radical (unpaired) electrons. The second-order valence-electron chi connectivity index (χ2n) is 5.10. The predicted molar refractivity (Wildman–Crippen MR) is 87.5 cm³/mol. The molecule has 3 rings (SSSR count). The van der Waals surface area contributed by atoms with Crippen LogP contribution in [0.5, 0.6) is 0 Å². The first-order valence-electron chi connectivity index (χ1n) is 7.03. The van der Waals surface area contributed by atoms with E-state index in [1.165, 1.54) is 12.1 Å². The lowest BCUT2D eigenvalue weighted by Gasteiger charge is -2.10. The van der Waals surface area contributed by atoms with Crippen molar-refractivity contribution in [1.29, 1.82) is 0 Å². The molecule has 9 heteroatoms. The first kappa shape index (κ1) is 16.2. The van der Waals surface area contributed by atoms with Crippen LogP contribution in [0.1, 0.15) is 12.7 Å². The summed E-state index contributed by atoms with van der Waals surface area (Å²) in [4.78, 5) is 30.9. The molecule has 1 atom stereocenters. The van der Waals surface area contributed by atoms with Gasteiger partial charge >= 0.3 is 0 Å². The molecule has 0 unspecified atom stereocenters. The number of benzene rings is 1. The van der Waals surface area contributed by atoms with Gasteiger partial charge in [-0.25, -0.2) is 9.37 Å². The van der Waals surface area contributed by atoms with Gasteiger partial charge in [-0.05, 0) is 32.0 Å². The Hall–Kier alpha value is -2.68. The molecule has 1 aromatic carbocycles. The van der Waals surface area contributed by atoms with Gasteiger partial charge in [0, 0.05) is 6.07 Å². The van der Waals surface area contributed by atoms with Crippen LogP contribution < -0.4 is 10.9 Å². The number of aromatic nitrogens is 3. The van der Waals surface area contributed by atoms with Crippen molar-refractivity contribution in [3.63, 3.8) is 0 Å². The molecule has 0 fully saturated rings. The van der Waals surface area contributed by atoms with E-state index in [-0.39, 0.29) is 16.4 Å². The highest BCUT2D eigenvalue weighted by Gasteiger charge is 2.18. The molecule has 0 bridgehead atoms. The molecule has 0 saturated heterocycles. The number of nitrogens with one attached hydrogen (secondary N) is 2. The van der Waals surface area contributed by atoms with Gasteiger partial charge in [-0.2, -0.15) is 0 Å². The maximum atomic E-state index is 13.2. The van der Waals surface area contributed by atoms with E-state index < -0.39 is 16.6 Å². The molecule has 1 amide bonds. The number of aryl methyl sites for hydroxylation is 1. The Morgan fingerprint density at radius 2 is 2.21 bits per heavy atom. The van der Waals surface area contributed by atoms with Gasteiger partial charge in [-0.15, -0.1) is 0 Å². The maximum Gasteiger partial charge on any atom is 0.259 e. The molecule has 2 N–H and O–H groups in total. The van der Waals surface area contributed by atoms with Crippen molar-refractivity contribution < 1.29 is 13.7 Å². The number of rotatable bonds is 4. The van der Waals surface area contributed by atoms with Crippen LogP contribution in [-0.4, -0.2) is 26.3 Å². The van der Waals surface area contributed by atoms with Gasteiger partial charge in [0.25, 0.3) is 5.56 Å². The molecular weight excluding hydrogens is 335 g/mol. The third kappa shape index (κ3) is 3.46. The fourth-order valence-corrected chi connectivity index (χ4v) is 2.82. The number of carbonyl (C=O) groups excluding carboxylic acids is 1. The van der Waals surface area contributed by atoms with Crippen LogP contribution in [0.3, 0.4) is 0 Å². The predicted octanol–water partition coefficient (Wildman–Crippen LogP) is 2.48. The average molecular weight is 348 g/mol. The molecule has 7 nitrogen and oxygen atoms in total. The lowest BCUT2D eigenvalue weighted by molar-refractivity contribution is -0.115. The van der Waals surface area contributed by atoms with E-state index >= 15 is 0 Å². The van der Waals surface area contributed by atoms with Crippen molar-refractivity contribution in [2.24, 2.45) is 0 Å². The first-order valence-corrected chi connectivity index (χ1v) is 7.91. The van der Waals surface area contributed by atoms with Crippen LogP contribution in [0.25, 0.3) is 10.9 Å². The number of aromatic amines is 1. The maximum absolute atomic E-state index is 13.2. The number of nitrogens with zero attached hydrogens (tertiary/aromatic N) is 2. The summed E-state index contributed by atoms with van der Waals surface area (Å²) in [5, 5.41) is 6.19. The molecule has 0 saturated carbocycles. The van der Waals surface area contributed by atoms with Crippen LogP contribution in [0.2, 0.25) is 0 Å². The Bertz CT molecular complexity index is 969. The van der Waals surface area contributed by atoms with Gasteiger partial charge in [0.15, 0.2) is 11.0 Å². The SMILES string of the molecule is Cc1cc(NC(=O)[C@H](C)Sc2nc3ccc(F)cc3c(=O)[nH]2)no1. The normalized spacial score (nSPS) is 12.3. The second kappa shape index (κ2) is 6.44. The van der Waals surface area contributed by atoms with Crippen LogP contribution in [0.15, 0.2) is 38.7 Å². The number of hydrogen-bond acceptors (Lipinski definition) is 6. The van der Waals surface area contributed by atoms with E-state index in [9.17, 15) is 14.0 Å². The summed E-state index contributed by atoms with van der Waals surface area (Å²) in [6, 6.07) is 5.37. The Balaban J connectivity index is 1.77.